The molecule has 0 spiro atoms. The maximum Gasteiger partial charge on any atom is 0.323 e. The van der Waals surface area contributed by atoms with Crippen LogP contribution in [0, 0.1) is 5.92 Å². The molecule has 0 saturated heterocycles. The predicted octanol–water partition coefficient (Wildman–Crippen LogP) is 5.74. The van der Waals surface area contributed by atoms with Gasteiger partial charge in [-0.1, -0.05) is 25.1 Å². The van der Waals surface area contributed by atoms with Crippen molar-refractivity contribution in [2.24, 2.45) is 5.92 Å². The first-order valence-corrected chi connectivity index (χ1v) is 11.2. The molecule has 1 fully saturated rings. The van der Waals surface area contributed by atoms with Crippen molar-refractivity contribution in [3.63, 3.8) is 0 Å². The Morgan fingerprint density at radius 3 is 2.73 bits per heavy atom. The smallest absolute Gasteiger partial charge is 0.321 e. The van der Waals surface area contributed by atoms with Crippen LogP contribution in [-0.2, 0) is 0 Å². The number of thiazole rings is 1. The number of amides is 2. The number of carbonyl (C=O) groups is 1. The van der Waals surface area contributed by atoms with Crippen molar-refractivity contribution in [1.82, 2.24) is 9.88 Å². The van der Waals surface area contributed by atoms with Crippen molar-refractivity contribution >= 4 is 34.3 Å². The molecule has 0 radical (unpaired) electrons. The van der Waals surface area contributed by atoms with Gasteiger partial charge < -0.3 is 4.90 Å². The molecule has 0 unspecified atom stereocenters. The summed E-state index contributed by atoms with van der Waals surface area (Å²) < 4.78 is 0. The SMILES string of the molecule is CC1CCC(N(CCCSc2ccccc2)C(=O)Nc2nccs2)CC1. The summed E-state index contributed by atoms with van der Waals surface area (Å²) in [5.41, 5.74) is 0. The molecule has 0 aliphatic heterocycles. The number of thioether (sulfide) groups is 1. The summed E-state index contributed by atoms with van der Waals surface area (Å²) in [6, 6.07) is 10.8. The van der Waals surface area contributed by atoms with E-state index in [-0.39, 0.29) is 6.03 Å². The van der Waals surface area contributed by atoms with Crippen LogP contribution >= 0.6 is 23.1 Å². The third-order valence-corrected chi connectivity index (χ3v) is 6.68. The third-order valence-electron chi connectivity index (χ3n) is 4.89. The molecule has 140 valence electrons. The van der Waals surface area contributed by atoms with E-state index in [4.69, 9.17) is 0 Å². The number of carbonyl (C=O) groups excluding carboxylic acids is 1. The molecule has 2 aromatic rings. The minimum absolute atomic E-state index is 0.00390. The van der Waals surface area contributed by atoms with Gasteiger partial charge in [0.05, 0.1) is 0 Å². The molecule has 2 amide bonds. The molecule has 3 rings (SSSR count). The van der Waals surface area contributed by atoms with E-state index in [0.29, 0.717) is 11.2 Å². The van der Waals surface area contributed by atoms with Gasteiger partial charge in [0.25, 0.3) is 0 Å². The number of nitrogens with one attached hydrogen (secondary N) is 1. The van der Waals surface area contributed by atoms with E-state index >= 15 is 0 Å². The lowest BCUT2D eigenvalue weighted by Crippen LogP contribution is -2.45. The van der Waals surface area contributed by atoms with Crippen LogP contribution in [0.3, 0.4) is 0 Å². The van der Waals surface area contributed by atoms with Crippen LogP contribution < -0.4 is 5.32 Å². The fourth-order valence-electron chi connectivity index (χ4n) is 3.39. The highest BCUT2D eigenvalue weighted by Crippen LogP contribution is 2.28. The molecule has 0 bridgehead atoms. The second-order valence-electron chi connectivity index (χ2n) is 6.89. The fraction of sp³-hybridized carbons (Fsp3) is 0.500. The van der Waals surface area contributed by atoms with Crippen LogP contribution in [0.4, 0.5) is 9.93 Å². The first-order valence-electron chi connectivity index (χ1n) is 9.37. The number of hydrogen-bond acceptors (Lipinski definition) is 4. The lowest BCUT2D eigenvalue weighted by Gasteiger charge is -2.36. The summed E-state index contributed by atoms with van der Waals surface area (Å²) in [5.74, 6) is 1.80. The number of rotatable bonds is 7. The molecule has 1 aromatic heterocycles. The Balaban J connectivity index is 1.54. The summed E-state index contributed by atoms with van der Waals surface area (Å²) in [7, 11) is 0. The topological polar surface area (TPSA) is 45.2 Å². The van der Waals surface area contributed by atoms with Crippen LogP contribution in [-0.4, -0.2) is 34.3 Å². The number of urea groups is 1. The second kappa shape index (κ2) is 9.97. The zero-order chi connectivity index (χ0) is 18.2. The molecule has 6 heteroatoms. The van der Waals surface area contributed by atoms with E-state index in [1.54, 1.807) is 6.20 Å². The van der Waals surface area contributed by atoms with Crippen molar-refractivity contribution in [2.45, 2.75) is 50.0 Å². The first kappa shape index (κ1) is 19.2. The molecule has 0 atom stereocenters. The van der Waals surface area contributed by atoms with E-state index in [9.17, 15) is 4.79 Å². The fourth-order valence-corrected chi connectivity index (χ4v) is 4.77. The molecular formula is C20H27N3OS2. The highest BCUT2D eigenvalue weighted by Gasteiger charge is 2.27. The predicted molar refractivity (Wildman–Crippen MR) is 111 cm³/mol. The van der Waals surface area contributed by atoms with Crippen molar-refractivity contribution in [3.05, 3.63) is 41.9 Å². The normalized spacial score (nSPS) is 19.9. The van der Waals surface area contributed by atoms with Crippen LogP contribution in [0.2, 0.25) is 0 Å². The highest BCUT2D eigenvalue weighted by molar-refractivity contribution is 7.99. The molecule has 1 heterocycles. The maximum atomic E-state index is 12.8. The van der Waals surface area contributed by atoms with Crippen LogP contribution in [0.25, 0.3) is 0 Å². The average Bonchev–Trinajstić information content (AvgIpc) is 3.16. The van der Waals surface area contributed by atoms with Gasteiger partial charge in [-0.15, -0.1) is 23.1 Å². The molecule has 4 nitrogen and oxygen atoms in total. The summed E-state index contributed by atoms with van der Waals surface area (Å²) in [4.78, 5) is 20.4. The number of hydrogen-bond donors (Lipinski definition) is 1. The number of anilines is 1. The van der Waals surface area contributed by atoms with Gasteiger partial charge in [-0.3, -0.25) is 5.32 Å². The number of benzene rings is 1. The van der Waals surface area contributed by atoms with Crippen molar-refractivity contribution in [1.29, 1.82) is 0 Å². The van der Waals surface area contributed by atoms with E-state index in [0.717, 1.165) is 37.5 Å². The van der Waals surface area contributed by atoms with Gasteiger partial charge in [0.2, 0.25) is 0 Å². The van der Waals surface area contributed by atoms with E-state index < -0.39 is 0 Å². The zero-order valence-corrected chi connectivity index (χ0v) is 16.9. The van der Waals surface area contributed by atoms with Gasteiger partial charge in [-0.25, -0.2) is 9.78 Å². The van der Waals surface area contributed by atoms with Gasteiger partial charge in [-0.2, -0.15) is 0 Å². The van der Waals surface area contributed by atoms with E-state index in [1.165, 1.54) is 29.1 Å². The monoisotopic (exact) mass is 389 g/mol. The van der Waals surface area contributed by atoms with Crippen LogP contribution in [0.15, 0.2) is 46.8 Å². The van der Waals surface area contributed by atoms with Crippen molar-refractivity contribution in [3.8, 4) is 0 Å². The Hall–Kier alpha value is -1.53. The van der Waals surface area contributed by atoms with Gasteiger partial charge in [-0.05, 0) is 55.9 Å². The standard InChI is InChI=1S/C20H27N3OS2/c1-16-8-10-17(11-9-16)23(20(24)22-19-21-12-15-26-19)13-5-14-25-18-6-3-2-4-7-18/h2-4,6-7,12,15-17H,5,8-11,13-14H2,1H3,(H,21,22,24). The zero-order valence-electron chi connectivity index (χ0n) is 15.3. The molecular weight excluding hydrogens is 362 g/mol. The molecule has 1 aliphatic rings. The molecule has 1 N–H and O–H groups in total. The molecule has 1 aromatic carbocycles. The van der Waals surface area contributed by atoms with Gasteiger partial charge in [0.1, 0.15) is 0 Å². The van der Waals surface area contributed by atoms with Crippen molar-refractivity contribution < 1.29 is 4.79 Å². The van der Waals surface area contributed by atoms with E-state index in [2.05, 4.69) is 46.4 Å². The Kier molecular flexibility index (Phi) is 7.38. The Bertz CT molecular complexity index is 655. The molecule has 26 heavy (non-hydrogen) atoms. The lowest BCUT2D eigenvalue weighted by atomic mass is 9.86. The quantitative estimate of drug-likeness (QED) is 0.485. The lowest BCUT2D eigenvalue weighted by molar-refractivity contribution is 0.156. The summed E-state index contributed by atoms with van der Waals surface area (Å²) in [6.07, 6.45) is 7.37. The second-order valence-corrected chi connectivity index (χ2v) is 8.95. The number of nitrogens with zero attached hydrogens (tertiary/aromatic N) is 2. The summed E-state index contributed by atoms with van der Waals surface area (Å²) >= 11 is 3.33. The minimum Gasteiger partial charge on any atom is -0.321 e. The molecule has 1 aliphatic carbocycles. The maximum absolute atomic E-state index is 12.8. The van der Waals surface area contributed by atoms with Gasteiger partial charge in [0, 0.05) is 29.1 Å². The number of aromatic nitrogens is 1. The average molecular weight is 390 g/mol. The molecule has 1 saturated carbocycles. The van der Waals surface area contributed by atoms with E-state index in [1.807, 2.05) is 23.2 Å². The van der Waals surface area contributed by atoms with Crippen LogP contribution in [0.5, 0.6) is 0 Å². The minimum atomic E-state index is 0.00390. The summed E-state index contributed by atoms with van der Waals surface area (Å²) in [6.45, 7) is 3.11. The summed E-state index contributed by atoms with van der Waals surface area (Å²) in [5, 5.41) is 5.55. The Morgan fingerprint density at radius 2 is 2.04 bits per heavy atom. The Morgan fingerprint density at radius 1 is 1.27 bits per heavy atom. The third kappa shape index (κ3) is 5.74. The largest absolute Gasteiger partial charge is 0.323 e. The van der Waals surface area contributed by atoms with Gasteiger partial charge >= 0.3 is 6.03 Å². The van der Waals surface area contributed by atoms with Crippen LogP contribution in [0.1, 0.15) is 39.0 Å². The van der Waals surface area contributed by atoms with Crippen molar-refractivity contribution in [2.75, 3.05) is 17.6 Å². The van der Waals surface area contributed by atoms with Gasteiger partial charge in [0.15, 0.2) is 5.13 Å². The highest BCUT2D eigenvalue weighted by atomic mass is 32.2. The Labute approximate surface area is 164 Å². The first-order chi connectivity index (χ1) is 12.7.